The van der Waals surface area contributed by atoms with Gasteiger partial charge >= 0.3 is 0 Å². The van der Waals surface area contributed by atoms with Gasteiger partial charge in [0, 0.05) is 29.9 Å². The molecule has 1 heterocycles. The molecule has 3 heteroatoms. The van der Waals surface area contributed by atoms with E-state index in [-0.39, 0.29) is 0 Å². The molecule has 1 atom stereocenters. The summed E-state index contributed by atoms with van der Waals surface area (Å²) in [5, 5.41) is 3.69. The highest BCUT2D eigenvalue weighted by Gasteiger charge is 2.43. The van der Waals surface area contributed by atoms with Crippen molar-refractivity contribution < 1.29 is 0 Å². The highest BCUT2D eigenvalue weighted by molar-refractivity contribution is 8.00. The summed E-state index contributed by atoms with van der Waals surface area (Å²) in [7, 11) is 0. The molecule has 0 aromatic rings. The molecule has 2 nitrogen and oxygen atoms in total. The molecule has 1 unspecified atom stereocenters. The average molecular weight is 242 g/mol. The fourth-order valence-corrected chi connectivity index (χ4v) is 3.60. The Labute approximate surface area is 105 Å². The Bertz CT molecular complexity index is 226. The van der Waals surface area contributed by atoms with Gasteiger partial charge in [-0.15, -0.1) is 0 Å². The van der Waals surface area contributed by atoms with Crippen LogP contribution in [-0.4, -0.2) is 47.6 Å². The summed E-state index contributed by atoms with van der Waals surface area (Å²) >= 11 is 2.08. The van der Waals surface area contributed by atoms with Crippen molar-refractivity contribution >= 4 is 11.8 Å². The molecule has 1 aliphatic heterocycles. The normalized spacial score (nSPS) is 29.6. The van der Waals surface area contributed by atoms with Crippen LogP contribution in [0, 0.1) is 0 Å². The highest BCUT2D eigenvalue weighted by Crippen LogP contribution is 2.47. The van der Waals surface area contributed by atoms with E-state index in [0.717, 1.165) is 6.04 Å². The molecule has 0 bridgehead atoms. The van der Waals surface area contributed by atoms with E-state index in [9.17, 15) is 0 Å². The van der Waals surface area contributed by atoms with Gasteiger partial charge in [-0.25, -0.2) is 0 Å². The first-order chi connectivity index (χ1) is 7.63. The van der Waals surface area contributed by atoms with E-state index in [1.807, 2.05) is 0 Å². The zero-order valence-electron chi connectivity index (χ0n) is 11.0. The van der Waals surface area contributed by atoms with Gasteiger partial charge in [-0.05, 0) is 38.5 Å². The molecule has 2 rings (SSSR count). The Morgan fingerprint density at radius 3 is 2.75 bits per heavy atom. The van der Waals surface area contributed by atoms with E-state index < -0.39 is 0 Å². The maximum atomic E-state index is 3.69. The first kappa shape index (κ1) is 12.7. The second kappa shape index (κ2) is 5.28. The minimum Gasteiger partial charge on any atom is -0.311 e. The van der Waals surface area contributed by atoms with Gasteiger partial charge in [0.25, 0.3) is 0 Å². The van der Waals surface area contributed by atoms with E-state index in [2.05, 4.69) is 42.1 Å². The molecule has 1 saturated carbocycles. The number of likely N-dealkylation sites (tertiary alicyclic amines) is 1. The lowest BCUT2D eigenvalue weighted by Crippen LogP contribution is -2.49. The van der Waals surface area contributed by atoms with Crippen molar-refractivity contribution in [3.63, 3.8) is 0 Å². The van der Waals surface area contributed by atoms with Crippen LogP contribution in [0.3, 0.4) is 0 Å². The second-order valence-electron chi connectivity index (χ2n) is 5.78. The standard InChI is InChI=1S/C13H26N2S/c1-11(2)14-12-5-4-8-15(9-12)10-13(16-3)6-7-13/h11-12,14H,4-10H2,1-3H3. The lowest BCUT2D eigenvalue weighted by Gasteiger charge is -2.36. The van der Waals surface area contributed by atoms with Crippen molar-refractivity contribution in [1.82, 2.24) is 10.2 Å². The Balaban J connectivity index is 1.78. The van der Waals surface area contributed by atoms with Gasteiger partial charge in [0.1, 0.15) is 0 Å². The molecule has 2 fully saturated rings. The molecule has 16 heavy (non-hydrogen) atoms. The number of thioether (sulfide) groups is 1. The van der Waals surface area contributed by atoms with Crippen molar-refractivity contribution in [3.05, 3.63) is 0 Å². The van der Waals surface area contributed by atoms with E-state index >= 15 is 0 Å². The zero-order chi connectivity index (χ0) is 11.6. The minimum absolute atomic E-state index is 0.625. The minimum atomic E-state index is 0.625. The number of hydrogen-bond acceptors (Lipinski definition) is 3. The molecule has 0 amide bonds. The number of nitrogens with one attached hydrogen (secondary N) is 1. The average Bonchev–Trinajstić information content (AvgIpc) is 2.98. The van der Waals surface area contributed by atoms with Crippen molar-refractivity contribution in [2.45, 2.75) is 56.4 Å². The number of hydrogen-bond donors (Lipinski definition) is 1. The first-order valence-corrected chi connectivity index (χ1v) is 7.90. The number of rotatable bonds is 5. The predicted molar refractivity (Wildman–Crippen MR) is 73.2 cm³/mol. The van der Waals surface area contributed by atoms with E-state index in [1.54, 1.807) is 0 Å². The third-order valence-corrected chi connectivity index (χ3v) is 5.23. The summed E-state index contributed by atoms with van der Waals surface area (Å²) in [6.07, 6.45) is 7.89. The molecule has 2 aliphatic rings. The largest absolute Gasteiger partial charge is 0.311 e. The Kier molecular flexibility index (Phi) is 4.20. The van der Waals surface area contributed by atoms with Crippen LogP contribution in [0.4, 0.5) is 0 Å². The van der Waals surface area contributed by atoms with Crippen LogP contribution in [0.1, 0.15) is 39.5 Å². The SMILES string of the molecule is CSC1(CN2CCCC(NC(C)C)C2)CC1. The van der Waals surface area contributed by atoms with Crippen molar-refractivity contribution in [3.8, 4) is 0 Å². The summed E-state index contributed by atoms with van der Waals surface area (Å²) < 4.78 is 0.639. The summed E-state index contributed by atoms with van der Waals surface area (Å²) in [6.45, 7) is 8.41. The molecular weight excluding hydrogens is 216 g/mol. The van der Waals surface area contributed by atoms with Crippen LogP contribution >= 0.6 is 11.8 Å². The molecule has 1 N–H and O–H groups in total. The van der Waals surface area contributed by atoms with E-state index in [1.165, 1.54) is 45.3 Å². The van der Waals surface area contributed by atoms with Gasteiger partial charge in [-0.3, -0.25) is 0 Å². The highest BCUT2D eigenvalue weighted by atomic mass is 32.2. The summed E-state index contributed by atoms with van der Waals surface area (Å²) in [4.78, 5) is 2.69. The van der Waals surface area contributed by atoms with Crippen LogP contribution in [0.2, 0.25) is 0 Å². The fourth-order valence-electron chi connectivity index (χ4n) is 2.78. The van der Waals surface area contributed by atoms with Gasteiger partial charge in [-0.1, -0.05) is 13.8 Å². The quantitative estimate of drug-likeness (QED) is 0.797. The van der Waals surface area contributed by atoms with Crippen molar-refractivity contribution in [1.29, 1.82) is 0 Å². The smallest absolute Gasteiger partial charge is 0.0285 e. The van der Waals surface area contributed by atoms with Crippen LogP contribution < -0.4 is 5.32 Å². The lowest BCUT2D eigenvalue weighted by molar-refractivity contribution is 0.184. The molecule has 0 aromatic heterocycles. The monoisotopic (exact) mass is 242 g/mol. The number of piperidine rings is 1. The zero-order valence-corrected chi connectivity index (χ0v) is 11.8. The molecule has 1 saturated heterocycles. The fraction of sp³-hybridized carbons (Fsp3) is 1.00. The maximum absolute atomic E-state index is 3.69. The van der Waals surface area contributed by atoms with Crippen LogP contribution in [0.5, 0.6) is 0 Å². The summed E-state index contributed by atoms with van der Waals surface area (Å²) in [5.41, 5.74) is 0. The van der Waals surface area contributed by atoms with Crippen molar-refractivity contribution in [2.24, 2.45) is 0 Å². The Morgan fingerprint density at radius 1 is 1.44 bits per heavy atom. The Hall–Kier alpha value is 0.270. The maximum Gasteiger partial charge on any atom is 0.0285 e. The van der Waals surface area contributed by atoms with Gasteiger partial charge in [-0.2, -0.15) is 11.8 Å². The first-order valence-electron chi connectivity index (χ1n) is 6.67. The molecule has 0 aromatic carbocycles. The van der Waals surface area contributed by atoms with Crippen molar-refractivity contribution in [2.75, 3.05) is 25.9 Å². The topological polar surface area (TPSA) is 15.3 Å². The van der Waals surface area contributed by atoms with Gasteiger partial charge < -0.3 is 10.2 Å². The molecular formula is C13H26N2S. The van der Waals surface area contributed by atoms with Gasteiger partial charge in [0.05, 0.1) is 0 Å². The number of nitrogens with zero attached hydrogens (tertiary/aromatic N) is 1. The molecule has 0 radical (unpaired) electrons. The van der Waals surface area contributed by atoms with Crippen LogP contribution in [-0.2, 0) is 0 Å². The van der Waals surface area contributed by atoms with Gasteiger partial charge in [0.15, 0.2) is 0 Å². The molecule has 94 valence electrons. The van der Waals surface area contributed by atoms with E-state index in [4.69, 9.17) is 0 Å². The van der Waals surface area contributed by atoms with Gasteiger partial charge in [0.2, 0.25) is 0 Å². The Morgan fingerprint density at radius 2 is 2.19 bits per heavy atom. The lowest BCUT2D eigenvalue weighted by atomic mass is 10.0. The third-order valence-electron chi connectivity index (χ3n) is 3.83. The molecule has 1 aliphatic carbocycles. The second-order valence-corrected chi connectivity index (χ2v) is 7.06. The summed E-state index contributed by atoms with van der Waals surface area (Å²) in [5.74, 6) is 0. The predicted octanol–water partition coefficient (Wildman–Crippen LogP) is 2.34. The summed E-state index contributed by atoms with van der Waals surface area (Å²) in [6, 6.07) is 1.35. The molecule has 0 spiro atoms. The van der Waals surface area contributed by atoms with Crippen LogP contribution in [0.15, 0.2) is 0 Å². The van der Waals surface area contributed by atoms with E-state index in [0.29, 0.717) is 10.8 Å². The third kappa shape index (κ3) is 3.38. The van der Waals surface area contributed by atoms with Crippen LogP contribution in [0.25, 0.3) is 0 Å².